The van der Waals surface area contributed by atoms with Crippen LogP contribution < -0.4 is 5.73 Å². The van der Waals surface area contributed by atoms with Gasteiger partial charge in [-0.15, -0.1) is 0 Å². The maximum atomic E-state index is 5.97. The maximum Gasteiger partial charge on any atom is 0.0390 e. The van der Waals surface area contributed by atoms with Crippen molar-refractivity contribution in [3.05, 3.63) is 33.8 Å². The standard InChI is InChI=1S/C9H10BrNS/c10-7-2-1-6-4-12-5-9(11)8(6)3-7/h1-3,9H,4-5,11H2. The van der Waals surface area contributed by atoms with Crippen molar-refractivity contribution in [1.82, 2.24) is 0 Å². The molecule has 2 N–H and O–H groups in total. The van der Waals surface area contributed by atoms with Gasteiger partial charge in [0, 0.05) is 22.0 Å². The first-order valence-electron chi connectivity index (χ1n) is 3.89. The van der Waals surface area contributed by atoms with Crippen LogP contribution >= 0.6 is 27.7 Å². The van der Waals surface area contributed by atoms with Crippen LogP contribution in [-0.4, -0.2) is 5.75 Å². The van der Waals surface area contributed by atoms with Crippen molar-refractivity contribution in [3.63, 3.8) is 0 Å². The Kier molecular flexibility index (Phi) is 2.44. The Morgan fingerprint density at radius 2 is 2.33 bits per heavy atom. The molecule has 2 rings (SSSR count). The molecule has 1 nitrogen and oxygen atoms in total. The molecule has 0 amide bonds. The highest BCUT2D eigenvalue weighted by Gasteiger charge is 2.16. The number of benzene rings is 1. The van der Waals surface area contributed by atoms with Gasteiger partial charge in [0.15, 0.2) is 0 Å². The van der Waals surface area contributed by atoms with Gasteiger partial charge in [-0.3, -0.25) is 0 Å². The number of rotatable bonds is 0. The lowest BCUT2D eigenvalue weighted by atomic mass is 10.0. The van der Waals surface area contributed by atoms with E-state index in [0.29, 0.717) is 0 Å². The Morgan fingerprint density at radius 1 is 1.50 bits per heavy atom. The highest BCUT2D eigenvalue weighted by atomic mass is 79.9. The molecule has 64 valence electrons. The third-order valence-corrected chi connectivity index (χ3v) is 3.67. The van der Waals surface area contributed by atoms with Crippen LogP contribution in [-0.2, 0) is 5.75 Å². The highest BCUT2D eigenvalue weighted by Crippen LogP contribution is 2.31. The van der Waals surface area contributed by atoms with Crippen LogP contribution in [0.5, 0.6) is 0 Å². The maximum absolute atomic E-state index is 5.97. The van der Waals surface area contributed by atoms with Gasteiger partial charge in [-0.1, -0.05) is 22.0 Å². The fourth-order valence-electron chi connectivity index (χ4n) is 1.43. The zero-order valence-corrected chi connectivity index (χ0v) is 8.99. The largest absolute Gasteiger partial charge is 0.323 e. The molecule has 1 aliphatic rings. The lowest BCUT2D eigenvalue weighted by molar-refractivity contribution is 0.808. The van der Waals surface area contributed by atoms with E-state index < -0.39 is 0 Å². The van der Waals surface area contributed by atoms with Gasteiger partial charge < -0.3 is 5.73 Å². The third-order valence-electron chi connectivity index (χ3n) is 2.06. The molecule has 1 heterocycles. The molecular formula is C9H10BrNS. The van der Waals surface area contributed by atoms with Crippen molar-refractivity contribution in [1.29, 1.82) is 0 Å². The molecule has 1 atom stereocenters. The first kappa shape index (κ1) is 8.60. The van der Waals surface area contributed by atoms with Gasteiger partial charge in [0.05, 0.1) is 0 Å². The molecule has 0 fully saturated rings. The van der Waals surface area contributed by atoms with Gasteiger partial charge in [0.1, 0.15) is 0 Å². The molecule has 1 aliphatic heterocycles. The van der Waals surface area contributed by atoms with Gasteiger partial charge in [-0.2, -0.15) is 11.8 Å². The van der Waals surface area contributed by atoms with Crippen molar-refractivity contribution >= 4 is 27.7 Å². The fourth-order valence-corrected chi connectivity index (χ4v) is 2.84. The lowest BCUT2D eigenvalue weighted by Gasteiger charge is -2.21. The molecule has 0 aromatic heterocycles. The van der Waals surface area contributed by atoms with E-state index in [-0.39, 0.29) is 6.04 Å². The second-order valence-electron chi connectivity index (χ2n) is 2.96. The Morgan fingerprint density at radius 3 is 3.17 bits per heavy atom. The number of nitrogens with two attached hydrogens (primary N) is 1. The van der Waals surface area contributed by atoms with E-state index >= 15 is 0 Å². The van der Waals surface area contributed by atoms with E-state index in [0.717, 1.165) is 16.0 Å². The first-order chi connectivity index (χ1) is 5.77. The van der Waals surface area contributed by atoms with Crippen LogP contribution in [0.4, 0.5) is 0 Å². The summed E-state index contributed by atoms with van der Waals surface area (Å²) in [5.41, 5.74) is 8.67. The minimum Gasteiger partial charge on any atom is -0.323 e. The van der Waals surface area contributed by atoms with E-state index in [1.165, 1.54) is 11.1 Å². The van der Waals surface area contributed by atoms with Gasteiger partial charge in [0.2, 0.25) is 0 Å². The Hall–Kier alpha value is 0.01000. The summed E-state index contributed by atoms with van der Waals surface area (Å²) in [5.74, 6) is 2.15. The number of fused-ring (bicyclic) bond motifs is 1. The number of halogens is 1. The van der Waals surface area contributed by atoms with Crippen molar-refractivity contribution in [2.45, 2.75) is 11.8 Å². The van der Waals surface area contributed by atoms with Crippen molar-refractivity contribution in [2.24, 2.45) is 5.73 Å². The smallest absolute Gasteiger partial charge is 0.0390 e. The molecule has 12 heavy (non-hydrogen) atoms. The van der Waals surface area contributed by atoms with Gasteiger partial charge in [-0.25, -0.2) is 0 Å². The summed E-state index contributed by atoms with van der Waals surface area (Å²) in [7, 11) is 0. The van der Waals surface area contributed by atoms with Crippen LogP contribution in [0.1, 0.15) is 17.2 Å². The van der Waals surface area contributed by atoms with Crippen molar-refractivity contribution < 1.29 is 0 Å². The third kappa shape index (κ3) is 1.53. The van der Waals surface area contributed by atoms with E-state index in [1.807, 2.05) is 11.8 Å². The van der Waals surface area contributed by atoms with Crippen LogP contribution in [0.15, 0.2) is 22.7 Å². The van der Waals surface area contributed by atoms with Gasteiger partial charge >= 0.3 is 0 Å². The molecule has 0 saturated heterocycles. The van der Waals surface area contributed by atoms with E-state index in [9.17, 15) is 0 Å². The molecule has 0 spiro atoms. The average molecular weight is 244 g/mol. The molecule has 3 heteroatoms. The van der Waals surface area contributed by atoms with Crippen LogP contribution in [0, 0.1) is 0 Å². The molecule has 0 aliphatic carbocycles. The minimum absolute atomic E-state index is 0.219. The molecule has 0 saturated carbocycles. The number of hydrogen-bond acceptors (Lipinski definition) is 2. The van der Waals surface area contributed by atoms with Crippen LogP contribution in [0.3, 0.4) is 0 Å². The first-order valence-corrected chi connectivity index (χ1v) is 5.84. The summed E-state index contributed by atoms with van der Waals surface area (Å²) in [6, 6.07) is 6.60. The second kappa shape index (κ2) is 3.40. The molecule has 1 unspecified atom stereocenters. The number of thioether (sulfide) groups is 1. The predicted octanol–water partition coefficient (Wildman–Crippen LogP) is 2.70. The summed E-state index contributed by atoms with van der Waals surface area (Å²) in [6.07, 6.45) is 0. The summed E-state index contributed by atoms with van der Waals surface area (Å²) >= 11 is 5.37. The van der Waals surface area contributed by atoms with E-state index in [1.54, 1.807) is 0 Å². The van der Waals surface area contributed by atoms with Crippen molar-refractivity contribution in [2.75, 3.05) is 5.75 Å². The summed E-state index contributed by atoms with van der Waals surface area (Å²) in [5, 5.41) is 0. The van der Waals surface area contributed by atoms with Crippen LogP contribution in [0.25, 0.3) is 0 Å². The SMILES string of the molecule is NC1CSCc2ccc(Br)cc21. The monoisotopic (exact) mass is 243 g/mol. The lowest BCUT2D eigenvalue weighted by Crippen LogP contribution is -2.18. The van der Waals surface area contributed by atoms with Gasteiger partial charge in [-0.05, 0) is 23.3 Å². The molecular weight excluding hydrogens is 234 g/mol. The highest BCUT2D eigenvalue weighted by molar-refractivity contribution is 9.10. The second-order valence-corrected chi connectivity index (χ2v) is 4.91. The summed E-state index contributed by atoms with van der Waals surface area (Å²) in [6.45, 7) is 0. The predicted molar refractivity (Wildman–Crippen MR) is 57.2 cm³/mol. The fraction of sp³-hybridized carbons (Fsp3) is 0.333. The Balaban J connectivity index is 2.47. The molecule has 1 aromatic rings. The van der Waals surface area contributed by atoms with E-state index in [4.69, 9.17) is 5.73 Å². The van der Waals surface area contributed by atoms with E-state index in [2.05, 4.69) is 34.1 Å². The quantitative estimate of drug-likeness (QED) is 0.759. The summed E-state index contributed by atoms with van der Waals surface area (Å²) < 4.78 is 1.13. The normalized spacial score (nSPS) is 22.0. The average Bonchev–Trinajstić information content (AvgIpc) is 2.07. The Bertz CT molecular complexity index is 301. The summed E-state index contributed by atoms with van der Waals surface area (Å²) in [4.78, 5) is 0. The zero-order chi connectivity index (χ0) is 8.55. The van der Waals surface area contributed by atoms with Crippen LogP contribution in [0.2, 0.25) is 0 Å². The zero-order valence-electron chi connectivity index (χ0n) is 6.59. The molecule has 0 bridgehead atoms. The molecule has 0 radical (unpaired) electrons. The topological polar surface area (TPSA) is 26.0 Å². The molecule has 1 aromatic carbocycles. The number of hydrogen-bond donors (Lipinski definition) is 1. The Labute approximate surface area is 84.9 Å². The van der Waals surface area contributed by atoms with Gasteiger partial charge in [0.25, 0.3) is 0 Å². The minimum atomic E-state index is 0.219. The van der Waals surface area contributed by atoms with Crippen molar-refractivity contribution in [3.8, 4) is 0 Å².